The summed E-state index contributed by atoms with van der Waals surface area (Å²) in [7, 11) is -4.05. The zero-order valence-electron chi connectivity index (χ0n) is 35.3. The molecule has 0 unspecified atom stereocenters. The second kappa shape index (κ2) is 17.5. The van der Waals surface area contributed by atoms with Crippen LogP contribution in [-0.4, -0.2) is 121 Å². The van der Waals surface area contributed by atoms with Crippen LogP contribution in [0.2, 0.25) is 0 Å². The van der Waals surface area contributed by atoms with Crippen LogP contribution in [0.15, 0.2) is 24.3 Å². The normalized spacial score (nSPS) is 24.8. The van der Waals surface area contributed by atoms with Crippen LogP contribution in [-0.2, 0) is 58.0 Å². The summed E-state index contributed by atoms with van der Waals surface area (Å²) in [6, 6.07) is 5.47. The highest BCUT2D eigenvalue weighted by Crippen LogP contribution is 2.52. The molecular weight excluding hydrogens is 816 g/mol. The summed E-state index contributed by atoms with van der Waals surface area (Å²) >= 11 is 1.25. The van der Waals surface area contributed by atoms with E-state index in [0.29, 0.717) is 79.9 Å². The maximum absolute atomic E-state index is 14.4. The second-order valence-corrected chi connectivity index (χ2v) is 21.9. The second-order valence-electron chi connectivity index (χ2n) is 18.7. The van der Waals surface area contributed by atoms with Gasteiger partial charge in [-0.15, -0.1) is 11.3 Å². The summed E-state index contributed by atoms with van der Waals surface area (Å²) in [6.45, 7) is 11.6. The van der Waals surface area contributed by atoms with E-state index in [1.165, 1.54) is 11.3 Å². The lowest BCUT2D eigenvalue weighted by Crippen LogP contribution is -2.62. The minimum Gasteiger partial charge on any atom is -0.438 e. The van der Waals surface area contributed by atoms with Gasteiger partial charge in [0.1, 0.15) is 12.1 Å². The van der Waals surface area contributed by atoms with Crippen LogP contribution in [0, 0.1) is 28.6 Å². The van der Waals surface area contributed by atoms with Crippen LogP contribution in [0.3, 0.4) is 0 Å². The van der Waals surface area contributed by atoms with E-state index in [9.17, 15) is 33.3 Å². The first-order valence-electron chi connectivity index (χ1n) is 20.8. The van der Waals surface area contributed by atoms with Crippen molar-refractivity contribution in [1.29, 1.82) is 0 Å². The van der Waals surface area contributed by atoms with Crippen molar-refractivity contribution in [3.63, 3.8) is 0 Å². The third-order valence-corrected chi connectivity index (χ3v) is 14.8. The fourth-order valence-corrected chi connectivity index (χ4v) is 10.6. The summed E-state index contributed by atoms with van der Waals surface area (Å²) in [5, 5.41) is 3.71. The molecule has 4 amide bonds. The van der Waals surface area contributed by atoms with Gasteiger partial charge in [0.25, 0.3) is 5.91 Å². The number of carbonyl (C=O) groups is 6. The average molecular weight is 873 g/mol. The summed E-state index contributed by atoms with van der Waals surface area (Å²) < 4.78 is 41.5. The maximum Gasteiger partial charge on any atom is 0.340 e. The Bertz CT molecular complexity index is 2010. The van der Waals surface area contributed by atoms with Gasteiger partial charge in [-0.25, -0.2) is 0 Å². The maximum atomic E-state index is 14.4. The number of hydrogen-bond donors (Lipinski definition) is 1. The van der Waals surface area contributed by atoms with Gasteiger partial charge in [-0.05, 0) is 115 Å². The Labute approximate surface area is 354 Å². The summed E-state index contributed by atoms with van der Waals surface area (Å²) in [4.78, 5) is 85.4. The van der Waals surface area contributed by atoms with Gasteiger partial charge in [0, 0.05) is 36.9 Å². The molecule has 1 aromatic carbocycles. The Balaban J connectivity index is 1.01. The molecule has 18 heteroatoms. The molecule has 0 radical (unpaired) electrons. The smallest absolute Gasteiger partial charge is 0.340 e. The van der Waals surface area contributed by atoms with E-state index in [-0.39, 0.29) is 35.8 Å². The van der Waals surface area contributed by atoms with E-state index < -0.39 is 61.9 Å². The summed E-state index contributed by atoms with van der Waals surface area (Å²) in [5.41, 5.74) is -1.11. The zero-order chi connectivity index (χ0) is 43.1. The first kappa shape index (κ1) is 44.2. The van der Waals surface area contributed by atoms with Crippen LogP contribution in [0.1, 0.15) is 88.9 Å². The fraction of sp³-hybridized carbons (Fsp3) is 0.667. The van der Waals surface area contributed by atoms with Gasteiger partial charge < -0.3 is 34.2 Å². The van der Waals surface area contributed by atoms with Crippen LogP contribution >= 0.6 is 18.9 Å². The van der Waals surface area contributed by atoms with Gasteiger partial charge in [-0.3, -0.25) is 42.4 Å². The molecular formula is C42H57N4O12PS. The zero-order valence-corrected chi connectivity index (χ0v) is 37.0. The van der Waals surface area contributed by atoms with E-state index >= 15 is 0 Å². The van der Waals surface area contributed by atoms with Crippen molar-refractivity contribution in [2.75, 3.05) is 53.0 Å². The number of rotatable bonds is 12. The lowest BCUT2D eigenvalue weighted by atomic mass is 9.96. The van der Waals surface area contributed by atoms with Gasteiger partial charge in [0.15, 0.2) is 0 Å². The van der Waals surface area contributed by atoms with E-state index in [0.717, 1.165) is 24.0 Å². The van der Waals surface area contributed by atoms with Crippen molar-refractivity contribution < 1.29 is 56.6 Å². The van der Waals surface area contributed by atoms with Crippen LogP contribution in [0.5, 0.6) is 0 Å². The Hall–Kier alpha value is -3.89. The predicted octanol–water partition coefficient (Wildman–Crippen LogP) is 4.93. The number of thiophene rings is 1. The van der Waals surface area contributed by atoms with Crippen molar-refractivity contribution in [3.05, 3.63) is 34.7 Å². The lowest BCUT2D eigenvalue weighted by Gasteiger charge is -2.44. The number of nitrogens with one attached hydrogen (secondary N) is 1. The highest BCUT2D eigenvalue weighted by Gasteiger charge is 2.53. The third-order valence-electron chi connectivity index (χ3n) is 12.0. The van der Waals surface area contributed by atoms with Crippen molar-refractivity contribution in [3.8, 4) is 0 Å². The Morgan fingerprint density at radius 1 is 0.833 bits per heavy atom. The number of nitrogens with zero attached hydrogens (tertiary/aromatic N) is 3. The lowest BCUT2D eigenvalue weighted by molar-refractivity contribution is -0.162. The number of carbonyl (C=O) groups excluding carboxylic acids is 6. The third kappa shape index (κ3) is 10.1. The molecule has 1 aliphatic carbocycles. The van der Waals surface area contributed by atoms with Gasteiger partial charge in [-0.1, -0.05) is 6.07 Å². The molecule has 5 fully saturated rings. The molecule has 5 aliphatic rings. The molecule has 4 saturated heterocycles. The molecule has 5 heterocycles. The Morgan fingerprint density at radius 3 is 2.10 bits per heavy atom. The largest absolute Gasteiger partial charge is 0.438 e. The topological polar surface area (TPSA) is 187 Å². The fourth-order valence-electron chi connectivity index (χ4n) is 8.34. The number of likely N-dealkylation sites (tertiary alicyclic amines) is 1. The van der Waals surface area contributed by atoms with Gasteiger partial charge in [0.05, 0.1) is 41.0 Å². The standard InChI is InChI=1S/C42H57N4O12PS/c1-41(2,3)39(51)55-23-57-59(53,58-24-56-40(52)42(4,5)6)22-25-7-10-33-28(15-25)19-34(60-33)35(47)43-31-18-27-16-26(27)17-30-8-9-32(46(30)37(31)49)38(50)45-20-29(21-45)36(48)44-11-13-54-14-12-44/h7,10,15,19,26-27,29-32H,8-9,11-14,16-18,20-24H2,1-6H3,(H,43,47)/t26-,27+,30-,31+,32+/m1/s1. The molecule has 0 spiro atoms. The molecule has 1 saturated carbocycles. The van der Waals surface area contributed by atoms with Crippen molar-refractivity contribution in [2.24, 2.45) is 28.6 Å². The molecule has 7 rings (SSSR count). The molecule has 4 aliphatic heterocycles. The first-order chi connectivity index (χ1) is 28.3. The minimum atomic E-state index is -4.05. The molecule has 328 valence electrons. The molecule has 60 heavy (non-hydrogen) atoms. The quantitative estimate of drug-likeness (QED) is 0.173. The van der Waals surface area contributed by atoms with Crippen LogP contribution in [0.25, 0.3) is 10.1 Å². The van der Waals surface area contributed by atoms with E-state index in [2.05, 4.69) is 5.32 Å². The minimum absolute atomic E-state index is 0.0452. The van der Waals surface area contributed by atoms with Gasteiger partial charge in [-0.2, -0.15) is 0 Å². The number of fused-ring (bicyclic) bond motifs is 3. The van der Waals surface area contributed by atoms with E-state index in [4.69, 9.17) is 23.3 Å². The van der Waals surface area contributed by atoms with Crippen molar-refractivity contribution in [1.82, 2.24) is 20.0 Å². The molecule has 0 bridgehead atoms. The van der Waals surface area contributed by atoms with Gasteiger partial charge in [0.2, 0.25) is 31.3 Å². The van der Waals surface area contributed by atoms with Crippen molar-refractivity contribution >= 4 is 64.6 Å². The number of hydrogen-bond acceptors (Lipinski definition) is 13. The number of ether oxygens (including phenoxy) is 3. The molecule has 1 aromatic heterocycles. The number of esters is 2. The highest BCUT2D eigenvalue weighted by atomic mass is 32.1. The monoisotopic (exact) mass is 872 g/mol. The summed E-state index contributed by atoms with van der Waals surface area (Å²) in [6.07, 6.45) is 3.36. The molecule has 5 atom stereocenters. The predicted molar refractivity (Wildman–Crippen MR) is 219 cm³/mol. The molecule has 16 nitrogen and oxygen atoms in total. The first-order valence-corrected chi connectivity index (χ1v) is 23.4. The van der Waals surface area contributed by atoms with E-state index in [1.807, 2.05) is 0 Å². The number of morpholine rings is 1. The average Bonchev–Trinajstić information content (AvgIpc) is 3.52. The van der Waals surface area contributed by atoms with Crippen LogP contribution < -0.4 is 5.32 Å². The Kier molecular flexibility index (Phi) is 12.9. The highest BCUT2D eigenvalue weighted by molar-refractivity contribution is 7.53. The van der Waals surface area contributed by atoms with Gasteiger partial charge >= 0.3 is 19.5 Å². The summed E-state index contributed by atoms with van der Waals surface area (Å²) in [5.74, 6) is -1.33. The molecule has 2 aromatic rings. The number of amides is 4. The number of benzene rings is 1. The van der Waals surface area contributed by atoms with Crippen LogP contribution in [0.4, 0.5) is 0 Å². The van der Waals surface area contributed by atoms with E-state index in [1.54, 1.807) is 80.5 Å². The van der Waals surface area contributed by atoms with Crippen molar-refractivity contribution in [2.45, 2.75) is 97.9 Å². The SMILES string of the molecule is CC(C)(C)C(=O)OCOP(=O)(Cc1ccc2sc(C(=O)N[C@H]3C[C@@H]4C[C@@H]4C[C@H]4CC[C@@H](C(=O)N5CC(C(=O)N6CCOCC6)C5)N4C3=O)cc2c1)OCOC(=O)C(C)(C)C. The Morgan fingerprint density at radius 2 is 1.47 bits per heavy atom. The molecule has 1 N–H and O–H groups in total.